The Labute approximate surface area is 99.5 Å². The molecule has 2 aromatic heterocycles. The molecule has 0 radical (unpaired) electrons. The van der Waals surface area contributed by atoms with E-state index < -0.39 is 0 Å². The highest BCUT2D eigenvalue weighted by Gasteiger charge is 2.07. The van der Waals surface area contributed by atoms with Crippen LogP contribution in [0.1, 0.15) is 21.6 Å². The van der Waals surface area contributed by atoms with Crippen LogP contribution in [0.15, 0.2) is 30.7 Å². The number of hydrogen-bond donors (Lipinski definition) is 1. The number of carbonyl (C=O) groups excluding carboxylic acids is 1. The maximum atomic E-state index is 11.8. The highest BCUT2D eigenvalue weighted by atomic mass is 16.1. The molecule has 0 aliphatic rings. The van der Waals surface area contributed by atoms with Gasteiger partial charge in [-0.3, -0.25) is 14.5 Å². The average Bonchev–Trinajstić information content (AvgIpc) is 2.68. The van der Waals surface area contributed by atoms with E-state index in [2.05, 4.69) is 15.4 Å². The standard InChI is InChI=1S/C12H14N4O/c1-9-11(8-15-16(9)2)7-14-12(17)10-4-3-5-13-6-10/h3-6,8H,7H2,1-2H3,(H,14,17). The first kappa shape index (κ1) is 11.3. The number of hydrogen-bond acceptors (Lipinski definition) is 3. The second-order valence-electron chi connectivity index (χ2n) is 3.80. The van der Waals surface area contributed by atoms with Gasteiger partial charge in [-0.05, 0) is 19.1 Å². The summed E-state index contributed by atoms with van der Waals surface area (Å²) in [6.45, 7) is 2.45. The maximum absolute atomic E-state index is 11.8. The molecule has 0 aromatic carbocycles. The van der Waals surface area contributed by atoms with Crippen molar-refractivity contribution in [2.24, 2.45) is 7.05 Å². The Kier molecular flexibility index (Phi) is 3.18. The van der Waals surface area contributed by atoms with Gasteiger partial charge in [0, 0.05) is 37.2 Å². The molecule has 0 aliphatic carbocycles. The molecule has 1 amide bonds. The van der Waals surface area contributed by atoms with Crippen LogP contribution in [-0.2, 0) is 13.6 Å². The summed E-state index contributed by atoms with van der Waals surface area (Å²) >= 11 is 0. The molecule has 2 rings (SSSR count). The van der Waals surface area contributed by atoms with Crippen molar-refractivity contribution >= 4 is 5.91 Å². The number of rotatable bonds is 3. The van der Waals surface area contributed by atoms with Gasteiger partial charge in [-0.25, -0.2) is 0 Å². The van der Waals surface area contributed by atoms with Crippen LogP contribution in [0, 0.1) is 6.92 Å². The number of carbonyl (C=O) groups is 1. The summed E-state index contributed by atoms with van der Waals surface area (Å²) < 4.78 is 1.78. The van der Waals surface area contributed by atoms with E-state index in [1.807, 2.05) is 14.0 Å². The predicted octanol–water partition coefficient (Wildman–Crippen LogP) is 1.05. The first-order valence-corrected chi connectivity index (χ1v) is 5.34. The van der Waals surface area contributed by atoms with Gasteiger partial charge in [-0.15, -0.1) is 0 Å². The van der Waals surface area contributed by atoms with Gasteiger partial charge in [0.1, 0.15) is 0 Å². The van der Waals surface area contributed by atoms with Crippen LogP contribution in [0.5, 0.6) is 0 Å². The van der Waals surface area contributed by atoms with Crippen molar-refractivity contribution in [3.63, 3.8) is 0 Å². The largest absolute Gasteiger partial charge is 0.348 e. The first-order valence-electron chi connectivity index (χ1n) is 5.34. The fourth-order valence-electron chi connectivity index (χ4n) is 1.49. The van der Waals surface area contributed by atoms with Gasteiger partial charge in [0.05, 0.1) is 11.8 Å². The highest BCUT2D eigenvalue weighted by Crippen LogP contribution is 2.05. The van der Waals surface area contributed by atoms with Gasteiger partial charge < -0.3 is 5.32 Å². The predicted molar refractivity (Wildman–Crippen MR) is 63.4 cm³/mol. The highest BCUT2D eigenvalue weighted by molar-refractivity contribution is 5.93. The zero-order chi connectivity index (χ0) is 12.3. The van der Waals surface area contributed by atoms with E-state index in [-0.39, 0.29) is 5.91 Å². The van der Waals surface area contributed by atoms with Gasteiger partial charge in [0.15, 0.2) is 0 Å². The molecule has 0 spiro atoms. The number of pyridine rings is 1. The molecule has 0 fully saturated rings. The minimum absolute atomic E-state index is 0.124. The third kappa shape index (κ3) is 2.50. The zero-order valence-electron chi connectivity index (χ0n) is 9.84. The van der Waals surface area contributed by atoms with Crippen molar-refractivity contribution in [3.8, 4) is 0 Å². The molecular weight excluding hydrogens is 216 g/mol. The molecule has 5 nitrogen and oxygen atoms in total. The van der Waals surface area contributed by atoms with E-state index in [0.717, 1.165) is 11.3 Å². The molecule has 88 valence electrons. The van der Waals surface area contributed by atoms with Crippen molar-refractivity contribution in [1.82, 2.24) is 20.1 Å². The van der Waals surface area contributed by atoms with E-state index in [1.54, 1.807) is 35.4 Å². The van der Waals surface area contributed by atoms with Gasteiger partial charge >= 0.3 is 0 Å². The van der Waals surface area contributed by atoms with Crippen molar-refractivity contribution in [2.45, 2.75) is 13.5 Å². The molecule has 0 atom stereocenters. The third-order valence-corrected chi connectivity index (χ3v) is 2.70. The van der Waals surface area contributed by atoms with Gasteiger partial charge in [0.25, 0.3) is 5.91 Å². The number of nitrogens with zero attached hydrogens (tertiary/aromatic N) is 3. The number of aromatic nitrogens is 3. The molecule has 0 unspecified atom stereocenters. The van der Waals surface area contributed by atoms with Crippen molar-refractivity contribution in [1.29, 1.82) is 0 Å². The Hall–Kier alpha value is -2.17. The van der Waals surface area contributed by atoms with Gasteiger partial charge in [-0.2, -0.15) is 5.10 Å². The quantitative estimate of drug-likeness (QED) is 0.857. The second-order valence-corrected chi connectivity index (χ2v) is 3.80. The van der Waals surface area contributed by atoms with Crippen molar-refractivity contribution in [2.75, 3.05) is 0 Å². The fraction of sp³-hybridized carbons (Fsp3) is 0.250. The molecule has 1 N–H and O–H groups in total. The molecule has 2 aromatic rings. The van der Waals surface area contributed by atoms with E-state index in [1.165, 1.54) is 0 Å². The number of aryl methyl sites for hydroxylation is 1. The Morgan fingerprint density at radius 2 is 2.29 bits per heavy atom. The normalized spacial score (nSPS) is 10.2. The molecule has 17 heavy (non-hydrogen) atoms. The third-order valence-electron chi connectivity index (χ3n) is 2.70. The van der Waals surface area contributed by atoms with Gasteiger partial charge in [-0.1, -0.05) is 0 Å². The summed E-state index contributed by atoms with van der Waals surface area (Å²) in [4.78, 5) is 15.7. The summed E-state index contributed by atoms with van der Waals surface area (Å²) in [5.41, 5.74) is 2.63. The van der Waals surface area contributed by atoms with Crippen LogP contribution in [0.25, 0.3) is 0 Å². The Balaban J connectivity index is 2.00. The van der Waals surface area contributed by atoms with Crippen molar-refractivity contribution in [3.05, 3.63) is 47.5 Å². The fourth-order valence-corrected chi connectivity index (χ4v) is 1.49. The van der Waals surface area contributed by atoms with E-state index >= 15 is 0 Å². The smallest absolute Gasteiger partial charge is 0.253 e. The van der Waals surface area contributed by atoms with E-state index in [9.17, 15) is 4.79 Å². The lowest BCUT2D eigenvalue weighted by atomic mass is 10.2. The van der Waals surface area contributed by atoms with Crippen LogP contribution in [0.2, 0.25) is 0 Å². The first-order chi connectivity index (χ1) is 8.18. The molecular formula is C12H14N4O. The molecule has 5 heteroatoms. The SMILES string of the molecule is Cc1c(CNC(=O)c2cccnc2)cnn1C. The summed E-state index contributed by atoms with van der Waals surface area (Å²) in [5, 5.41) is 6.96. The monoisotopic (exact) mass is 230 g/mol. The minimum Gasteiger partial charge on any atom is -0.348 e. The minimum atomic E-state index is -0.124. The van der Waals surface area contributed by atoms with Crippen LogP contribution >= 0.6 is 0 Å². The van der Waals surface area contributed by atoms with E-state index in [0.29, 0.717) is 12.1 Å². The summed E-state index contributed by atoms with van der Waals surface area (Å²) in [5.74, 6) is -0.124. The van der Waals surface area contributed by atoms with Crippen LogP contribution < -0.4 is 5.32 Å². The lowest BCUT2D eigenvalue weighted by molar-refractivity contribution is 0.0950. The Morgan fingerprint density at radius 1 is 1.47 bits per heavy atom. The molecule has 0 aliphatic heterocycles. The van der Waals surface area contributed by atoms with E-state index in [4.69, 9.17) is 0 Å². The van der Waals surface area contributed by atoms with Crippen LogP contribution in [-0.4, -0.2) is 20.7 Å². The zero-order valence-corrected chi connectivity index (χ0v) is 9.84. The average molecular weight is 230 g/mol. The summed E-state index contributed by atoms with van der Waals surface area (Å²) in [6.07, 6.45) is 4.95. The van der Waals surface area contributed by atoms with Crippen LogP contribution in [0.3, 0.4) is 0 Å². The van der Waals surface area contributed by atoms with Crippen molar-refractivity contribution < 1.29 is 4.79 Å². The van der Waals surface area contributed by atoms with Crippen LogP contribution in [0.4, 0.5) is 0 Å². The van der Waals surface area contributed by atoms with Gasteiger partial charge in [0.2, 0.25) is 0 Å². The molecule has 0 bridgehead atoms. The lowest BCUT2D eigenvalue weighted by Crippen LogP contribution is -2.23. The summed E-state index contributed by atoms with van der Waals surface area (Å²) in [6, 6.07) is 3.47. The second kappa shape index (κ2) is 4.78. The molecule has 2 heterocycles. The lowest BCUT2D eigenvalue weighted by Gasteiger charge is -2.04. The molecule has 0 saturated heterocycles. The summed E-state index contributed by atoms with van der Waals surface area (Å²) in [7, 11) is 1.88. The maximum Gasteiger partial charge on any atom is 0.253 e. The topological polar surface area (TPSA) is 59.8 Å². The molecule has 0 saturated carbocycles. The number of amides is 1. The number of nitrogens with one attached hydrogen (secondary N) is 1. The Morgan fingerprint density at radius 3 is 2.88 bits per heavy atom. The Bertz CT molecular complexity index is 519.